The number of fused-ring (bicyclic) bond motifs is 1. The molecule has 1 N–H and O–H groups in total. The average molecular weight is 396 g/mol. The van der Waals surface area contributed by atoms with Crippen LogP contribution in [0.4, 0.5) is 11.4 Å². The Labute approximate surface area is 156 Å². The number of thiazole rings is 1. The Kier molecular flexibility index (Phi) is 5.57. The van der Waals surface area contributed by atoms with Crippen LogP contribution >= 0.6 is 11.3 Å². The molecule has 0 atom stereocenters. The van der Waals surface area contributed by atoms with Gasteiger partial charge in [0.25, 0.3) is 5.69 Å². The summed E-state index contributed by atoms with van der Waals surface area (Å²) in [4.78, 5) is 16.2. The maximum absolute atomic E-state index is 11.8. The molecule has 0 aliphatic heterocycles. The Morgan fingerprint density at radius 2 is 2.08 bits per heavy atom. The lowest BCUT2D eigenvalue weighted by atomic mass is 10.0. The third-order valence-corrected chi connectivity index (χ3v) is 6.69. The van der Waals surface area contributed by atoms with E-state index in [1.165, 1.54) is 41.6 Å². The van der Waals surface area contributed by atoms with E-state index in [1.54, 1.807) is 11.3 Å². The van der Waals surface area contributed by atoms with Gasteiger partial charge in [0.1, 0.15) is 4.90 Å². The number of benzene rings is 1. The van der Waals surface area contributed by atoms with Crippen molar-refractivity contribution >= 4 is 32.5 Å². The van der Waals surface area contributed by atoms with Crippen LogP contribution in [0.3, 0.4) is 0 Å². The first-order chi connectivity index (χ1) is 12.3. The molecular weight excluding hydrogens is 374 g/mol. The van der Waals surface area contributed by atoms with Gasteiger partial charge in [-0.15, -0.1) is 11.3 Å². The minimum Gasteiger partial charge on any atom is -0.385 e. The van der Waals surface area contributed by atoms with E-state index >= 15 is 0 Å². The molecule has 1 aromatic heterocycles. The number of hydrogen-bond donors (Lipinski definition) is 1. The van der Waals surface area contributed by atoms with Gasteiger partial charge in [0.2, 0.25) is 0 Å². The molecule has 9 heteroatoms. The molecule has 0 bridgehead atoms. The number of nitrogens with one attached hydrogen (secondary N) is 1. The van der Waals surface area contributed by atoms with E-state index in [-0.39, 0.29) is 4.90 Å². The van der Waals surface area contributed by atoms with Crippen LogP contribution in [0.25, 0.3) is 0 Å². The molecule has 3 rings (SSSR count). The molecule has 1 aromatic carbocycles. The monoisotopic (exact) mass is 395 g/mol. The lowest BCUT2D eigenvalue weighted by molar-refractivity contribution is -0.387. The van der Waals surface area contributed by atoms with E-state index in [9.17, 15) is 18.5 Å². The minimum absolute atomic E-state index is 0.264. The van der Waals surface area contributed by atoms with Crippen LogP contribution in [0, 0.1) is 10.1 Å². The minimum atomic E-state index is -3.67. The van der Waals surface area contributed by atoms with Gasteiger partial charge in [0, 0.05) is 35.9 Å². The smallest absolute Gasteiger partial charge is 0.288 e. The predicted octanol–water partition coefficient (Wildman–Crippen LogP) is 3.38. The number of aromatic nitrogens is 1. The van der Waals surface area contributed by atoms with Crippen LogP contribution in [-0.2, 0) is 29.1 Å². The van der Waals surface area contributed by atoms with Gasteiger partial charge in [-0.2, -0.15) is 0 Å². The second-order valence-corrected chi connectivity index (χ2v) is 9.58. The van der Waals surface area contributed by atoms with Gasteiger partial charge >= 0.3 is 0 Å². The van der Waals surface area contributed by atoms with Gasteiger partial charge < -0.3 is 5.32 Å². The van der Waals surface area contributed by atoms with Crippen molar-refractivity contribution in [2.75, 3.05) is 18.1 Å². The third-order valence-electron chi connectivity index (χ3n) is 4.34. The number of rotatable bonds is 7. The van der Waals surface area contributed by atoms with E-state index in [2.05, 4.69) is 5.32 Å². The van der Waals surface area contributed by atoms with E-state index < -0.39 is 20.4 Å². The average Bonchev–Trinajstić information content (AvgIpc) is 3.00. The summed E-state index contributed by atoms with van der Waals surface area (Å²) in [6.07, 6.45) is 7.40. The maximum Gasteiger partial charge on any atom is 0.288 e. The molecule has 0 saturated heterocycles. The molecule has 0 amide bonds. The summed E-state index contributed by atoms with van der Waals surface area (Å²) in [6, 6.07) is 4.10. The first kappa shape index (κ1) is 18.8. The second kappa shape index (κ2) is 7.71. The van der Waals surface area contributed by atoms with Gasteiger partial charge in [-0.1, -0.05) is 0 Å². The summed E-state index contributed by atoms with van der Waals surface area (Å²) in [5.74, 6) is 0. The Balaban J connectivity index is 1.59. The summed E-state index contributed by atoms with van der Waals surface area (Å²) in [7, 11) is -3.67. The SMILES string of the molecule is CS(=O)(=O)c1cc(NCCCc2nc3c(s2)CCCC3)ccc1[N+](=O)[O-]. The number of nitro benzene ring substituents is 1. The molecule has 7 nitrogen and oxygen atoms in total. The third kappa shape index (κ3) is 4.39. The quantitative estimate of drug-likeness (QED) is 0.438. The van der Waals surface area contributed by atoms with Crippen LogP contribution in [0.5, 0.6) is 0 Å². The van der Waals surface area contributed by atoms with Gasteiger partial charge in [-0.25, -0.2) is 13.4 Å². The number of nitro groups is 1. The van der Waals surface area contributed by atoms with Gasteiger partial charge in [-0.3, -0.25) is 10.1 Å². The second-order valence-electron chi connectivity index (χ2n) is 6.43. The first-order valence-corrected chi connectivity index (χ1v) is 11.3. The molecular formula is C17H21N3O4S2. The van der Waals surface area contributed by atoms with E-state index in [1.807, 2.05) is 0 Å². The predicted molar refractivity (Wildman–Crippen MR) is 102 cm³/mol. The van der Waals surface area contributed by atoms with Gasteiger partial charge in [0.05, 0.1) is 15.6 Å². The molecule has 26 heavy (non-hydrogen) atoms. The lowest BCUT2D eigenvalue weighted by Crippen LogP contribution is -2.07. The summed E-state index contributed by atoms with van der Waals surface area (Å²) >= 11 is 1.80. The number of hydrogen-bond acceptors (Lipinski definition) is 7. The van der Waals surface area contributed by atoms with Crippen LogP contribution in [-0.4, -0.2) is 31.1 Å². The topological polar surface area (TPSA) is 102 Å². The van der Waals surface area contributed by atoms with Crippen LogP contribution < -0.4 is 5.32 Å². The van der Waals surface area contributed by atoms with Crippen molar-refractivity contribution < 1.29 is 13.3 Å². The number of nitrogens with zero attached hydrogens (tertiary/aromatic N) is 2. The normalized spacial score (nSPS) is 14.0. The van der Waals surface area contributed by atoms with Crippen LogP contribution in [0.1, 0.15) is 34.8 Å². The molecule has 140 valence electrons. The van der Waals surface area contributed by atoms with E-state index in [4.69, 9.17) is 4.98 Å². The van der Waals surface area contributed by atoms with Crippen molar-refractivity contribution in [1.29, 1.82) is 0 Å². The van der Waals surface area contributed by atoms with Crippen LogP contribution in [0.2, 0.25) is 0 Å². The van der Waals surface area contributed by atoms with Gasteiger partial charge in [-0.05, 0) is 44.2 Å². The summed E-state index contributed by atoms with van der Waals surface area (Å²) in [6.45, 7) is 0.644. The first-order valence-electron chi connectivity index (χ1n) is 8.54. The lowest BCUT2D eigenvalue weighted by Gasteiger charge is -2.08. The Morgan fingerprint density at radius 1 is 1.31 bits per heavy atom. The molecule has 1 aliphatic carbocycles. The molecule has 1 heterocycles. The Bertz CT molecular complexity index is 899. The standard InChI is InChI=1S/C17H21N3O4S2/c1-26(23,24)16-11-12(8-9-14(16)20(21)22)18-10-4-7-17-19-13-5-2-3-6-15(13)25-17/h8-9,11,18H,2-7,10H2,1H3. The van der Waals surface area contributed by atoms with Crippen molar-refractivity contribution in [1.82, 2.24) is 4.98 Å². The zero-order valence-electron chi connectivity index (χ0n) is 14.5. The molecule has 0 spiro atoms. The van der Waals surface area contributed by atoms with Crippen molar-refractivity contribution in [3.05, 3.63) is 43.9 Å². The van der Waals surface area contributed by atoms with Crippen molar-refractivity contribution in [2.45, 2.75) is 43.4 Å². The fourth-order valence-electron chi connectivity index (χ4n) is 3.06. The summed E-state index contributed by atoms with van der Waals surface area (Å²) in [5, 5.41) is 15.3. The molecule has 1 aliphatic rings. The molecule has 0 fully saturated rings. The van der Waals surface area contributed by atoms with Crippen LogP contribution in [0.15, 0.2) is 23.1 Å². The molecule has 0 saturated carbocycles. The van der Waals surface area contributed by atoms with Crippen molar-refractivity contribution in [3.8, 4) is 0 Å². The molecule has 0 radical (unpaired) electrons. The zero-order chi connectivity index (χ0) is 18.7. The Hall–Kier alpha value is -2.00. The Morgan fingerprint density at radius 3 is 2.77 bits per heavy atom. The largest absolute Gasteiger partial charge is 0.385 e. The summed E-state index contributed by atoms with van der Waals surface area (Å²) in [5.41, 5.74) is 1.43. The highest BCUT2D eigenvalue weighted by molar-refractivity contribution is 7.90. The highest BCUT2D eigenvalue weighted by atomic mass is 32.2. The van der Waals surface area contributed by atoms with Crippen molar-refractivity contribution in [2.24, 2.45) is 0 Å². The van der Waals surface area contributed by atoms with Crippen molar-refractivity contribution in [3.63, 3.8) is 0 Å². The number of anilines is 1. The number of sulfone groups is 1. The van der Waals surface area contributed by atoms with E-state index in [0.717, 1.165) is 36.9 Å². The summed E-state index contributed by atoms with van der Waals surface area (Å²) < 4.78 is 23.6. The molecule has 2 aromatic rings. The number of aryl methyl sites for hydroxylation is 3. The fourth-order valence-corrected chi connectivity index (χ4v) is 5.12. The highest BCUT2D eigenvalue weighted by Crippen LogP contribution is 2.28. The van der Waals surface area contributed by atoms with Gasteiger partial charge in [0.15, 0.2) is 9.84 Å². The zero-order valence-corrected chi connectivity index (χ0v) is 16.2. The van der Waals surface area contributed by atoms with E-state index in [0.29, 0.717) is 12.2 Å². The molecule has 0 unspecified atom stereocenters. The highest BCUT2D eigenvalue weighted by Gasteiger charge is 2.22. The maximum atomic E-state index is 11.8. The fraction of sp³-hybridized carbons (Fsp3) is 0.471.